The molecule has 1 aliphatic rings. The fourth-order valence-corrected chi connectivity index (χ4v) is 1.80. The lowest BCUT2D eigenvalue weighted by Gasteiger charge is -2.39. The largest absolute Gasteiger partial charge is 0.462 e. The Bertz CT molecular complexity index is 188. The molecule has 0 bridgehead atoms. The van der Waals surface area contributed by atoms with Gasteiger partial charge in [-0.05, 0) is 13.8 Å². The van der Waals surface area contributed by atoms with Crippen LogP contribution in [-0.2, 0) is 14.3 Å². The van der Waals surface area contributed by atoms with Crippen molar-refractivity contribution < 1.29 is 18.8 Å². The molecule has 1 saturated heterocycles. The van der Waals surface area contributed by atoms with Crippen LogP contribution in [0.2, 0.25) is 0 Å². The van der Waals surface area contributed by atoms with E-state index < -0.39 is 0 Å². The number of nitrogens with zero attached hydrogens (tertiary/aromatic N) is 1. The molecule has 0 atom stereocenters. The van der Waals surface area contributed by atoms with E-state index in [9.17, 15) is 4.79 Å². The molecule has 1 rings (SSSR count). The summed E-state index contributed by atoms with van der Waals surface area (Å²) in [7, 11) is 0. The molecular formula is C10H20NO3+. The van der Waals surface area contributed by atoms with Gasteiger partial charge in [-0.3, -0.25) is 0 Å². The first-order chi connectivity index (χ1) is 6.72. The van der Waals surface area contributed by atoms with Gasteiger partial charge in [-0.25, -0.2) is 4.79 Å². The van der Waals surface area contributed by atoms with Crippen molar-refractivity contribution in [3.05, 3.63) is 0 Å². The molecule has 0 aromatic heterocycles. The van der Waals surface area contributed by atoms with Gasteiger partial charge in [-0.1, -0.05) is 0 Å². The molecule has 1 fully saturated rings. The van der Waals surface area contributed by atoms with Crippen LogP contribution in [0.1, 0.15) is 13.8 Å². The second-order valence-corrected chi connectivity index (χ2v) is 3.68. The summed E-state index contributed by atoms with van der Waals surface area (Å²) in [6, 6.07) is 0. The third-order valence-corrected chi connectivity index (χ3v) is 2.86. The maximum Gasteiger partial charge on any atom is 0.361 e. The molecule has 82 valence electrons. The summed E-state index contributed by atoms with van der Waals surface area (Å²) in [6.07, 6.45) is 0. The standard InChI is InChI=1S/C10H20NO3/c1-3-11(5-7-13-8-6-11)9-10(12)14-4-2/h3-9H2,1-2H3/q+1. The van der Waals surface area contributed by atoms with Crippen molar-refractivity contribution in [1.82, 2.24) is 0 Å². The summed E-state index contributed by atoms with van der Waals surface area (Å²) in [5, 5.41) is 0. The number of quaternary nitrogens is 1. The lowest BCUT2D eigenvalue weighted by atomic mass is 10.3. The van der Waals surface area contributed by atoms with Gasteiger partial charge in [0, 0.05) is 0 Å². The van der Waals surface area contributed by atoms with Crippen molar-refractivity contribution >= 4 is 5.97 Å². The van der Waals surface area contributed by atoms with Crippen molar-refractivity contribution in [3.63, 3.8) is 0 Å². The van der Waals surface area contributed by atoms with Gasteiger partial charge < -0.3 is 14.0 Å². The van der Waals surface area contributed by atoms with Crippen LogP contribution in [0.5, 0.6) is 0 Å². The topological polar surface area (TPSA) is 35.5 Å². The summed E-state index contributed by atoms with van der Waals surface area (Å²) in [6.45, 7) is 9.26. The third kappa shape index (κ3) is 2.96. The van der Waals surface area contributed by atoms with Gasteiger partial charge in [-0.15, -0.1) is 0 Å². The van der Waals surface area contributed by atoms with Gasteiger partial charge in [0.15, 0.2) is 6.54 Å². The first-order valence-electron chi connectivity index (χ1n) is 5.31. The number of carbonyl (C=O) groups is 1. The van der Waals surface area contributed by atoms with Crippen LogP contribution in [0, 0.1) is 0 Å². The number of hydrogen-bond donors (Lipinski definition) is 0. The molecule has 0 N–H and O–H groups in total. The quantitative estimate of drug-likeness (QED) is 0.489. The summed E-state index contributed by atoms with van der Waals surface area (Å²) in [5.74, 6) is -0.0868. The number of hydrogen-bond acceptors (Lipinski definition) is 3. The van der Waals surface area contributed by atoms with Gasteiger partial charge in [0.25, 0.3) is 0 Å². The van der Waals surface area contributed by atoms with Crippen molar-refractivity contribution in [1.29, 1.82) is 0 Å². The summed E-state index contributed by atoms with van der Waals surface area (Å²) in [4.78, 5) is 11.4. The summed E-state index contributed by atoms with van der Waals surface area (Å²) >= 11 is 0. The minimum Gasteiger partial charge on any atom is -0.462 e. The fraction of sp³-hybridized carbons (Fsp3) is 0.900. The minimum absolute atomic E-state index is 0.0868. The molecule has 4 heteroatoms. The van der Waals surface area contributed by atoms with Gasteiger partial charge in [0.2, 0.25) is 0 Å². The number of carbonyl (C=O) groups excluding carboxylic acids is 1. The molecular weight excluding hydrogens is 182 g/mol. The predicted molar refractivity (Wildman–Crippen MR) is 52.9 cm³/mol. The van der Waals surface area contributed by atoms with Gasteiger partial charge in [-0.2, -0.15) is 0 Å². The molecule has 0 aromatic rings. The Kier molecular flexibility index (Phi) is 4.35. The van der Waals surface area contributed by atoms with E-state index in [-0.39, 0.29) is 5.97 Å². The van der Waals surface area contributed by atoms with E-state index in [0.717, 1.165) is 37.3 Å². The Labute approximate surface area is 85.4 Å². The molecule has 0 amide bonds. The highest BCUT2D eigenvalue weighted by Gasteiger charge is 2.31. The smallest absolute Gasteiger partial charge is 0.361 e. The second kappa shape index (κ2) is 5.32. The zero-order chi connectivity index (χ0) is 10.4. The Balaban J connectivity index is 2.47. The van der Waals surface area contributed by atoms with E-state index in [2.05, 4.69) is 6.92 Å². The van der Waals surface area contributed by atoms with Crippen LogP contribution in [0.4, 0.5) is 0 Å². The Hall–Kier alpha value is -0.610. The van der Waals surface area contributed by atoms with Crippen molar-refractivity contribution in [2.45, 2.75) is 13.8 Å². The van der Waals surface area contributed by atoms with Crippen LogP contribution in [0.25, 0.3) is 0 Å². The second-order valence-electron chi connectivity index (χ2n) is 3.68. The average molecular weight is 202 g/mol. The molecule has 14 heavy (non-hydrogen) atoms. The van der Waals surface area contributed by atoms with Crippen LogP contribution >= 0.6 is 0 Å². The fourth-order valence-electron chi connectivity index (χ4n) is 1.80. The normalized spacial score (nSPS) is 20.4. The van der Waals surface area contributed by atoms with E-state index in [0.29, 0.717) is 13.2 Å². The Morgan fingerprint density at radius 2 is 2.00 bits per heavy atom. The predicted octanol–water partition coefficient (Wildman–Crippen LogP) is 0.416. The zero-order valence-corrected chi connectivity index (χ0v) is 9.12. The third-order valence-electron chi connectivity index (χ3n) is 2.86. The average Bonchev–Trinajstić information content (AvgIpc) is 2.19. The molecule has 0 unspecified atom stereocenters. The molecule has 1 aliphatic heterocycles. The number of rotatable bonds is 4. The lowest BCUT2D eigenvalue weighted by Crippen LogP contribution is -2.57. The first-order valence-corrected chi connectivity index (χ1v) is 5.31. The number of likely N-dealkylation sites (N-methyl/N-ethyl adjacent to an activating group) is 1. The van der Waals surface area contributed by atoms with E-state index >= 15 is 0 Å². The lowest BCUT2D eigenvalue weighted by molar-refractivity contribution is -0.926. The zero-order valence-electron chi connectivity index (χ0n) is 9.12. The summed E-state index contributed by atoms with van der Waals surface area (Å²) < 4.78 is 11.1. The van der Waals surface area contributed by atoms with Crippen LogP contribution in [0.15, 0.2) is 0 Å². The van der Waals surface area contributed by atoms with Crippen LogP contribution in [-0.4, -0.2) is 56.5 Å². The van der Waals surface area contributed by atoms with E-state index in [1.807, 2.05) is 6.92 Å². The number of esters is 1. The van der Waals surface area contributed by atoms with E-state index in [4.69, 9.17) is 9.47 Å². The van der Waals surface area contributed by atoms with Crippen molar-refractivity contribution in [2.24, 2.45) is 0 Å². The van der Waals surface area contributed by atoms with Gasteiger partial charge >= 0.3 is 5.97 Å². The minimum atomic E-state index is -0.0868. The molecule has 0 spiro atoms. The molecule has 0 aliphatic carbocycles. The van der Waals surface area contributed by atoms with Crippen LogP contribution < -0.4 is 0 Å². The number of ether oxygens (including phenoxy) is 2. The highest BCUT2D eigenvalue weighted by atomic mass is 16.5. The van der Waals surface area contributed by atoms with E-state index in [1.165, 1.54) is 0 Å². The Morgan fingerprint density at radius 3 is 2.50 bits per heavy atom. The van der Waals surface area contributed by atoms with Gasteiger partial charge in [0.1, 0.15) is 13.1 Å². The molecule has 0 aromatic carbocycles. The molecule has 1 heterocycles. The maximum absolute atomic E-state index is 11.4. The van der Waals surface area contributed by atoms with Crippen LogP contribution in [0.3, 0.4) is 0 Å². The summed E-state index contributed by atoms with van der Waals surface area (Å²) in [5.41, 5.74) is 0. The molecule has 0 radical (unpaired) electrons. The maximum atomic E-state index is 11.4. The highest BCUT2D eigenvalue weighted by molar-refractivity contribution is 5.70. The molecule has 4 nitrogen and oxygen atoms in total. The highest BCUT2D eigenvalue weighted by Crippen LogP contribution is 2.10. The van der Waals surface area contributed by atoms with Gasteiger partial charge in [0.05, 0.1) is 26.4 Å². The SMILES string of the molecule is CCOC(=O)C[N+]1(CC)CCOCC1. The number of morpholine rings is 1. The first kappa shape index (κ1) is 11.5. The van der Waals surface area contributed by atoms with E-state index in [1.54, 1.807) is 0 Å². The monoisotopic (exact) mass is 202 g/mol. The van der Waals surface area contributed by atoms with Crippen molar-refractivity contribution in [3.8, 4) is 0 Å². The van der Waals surface area contributed by atoms with Crippen molar-refractivity contribution in [2.75, 3.05) is 46.0 Å². The Morgan fingerprint density at radius 1 is 1.36 bits per heavy atom. The molecule has 0 saturated carbocycles.